The summed E-state index contributed by atoms with van der Waals surface area (Å²) in [4.78, 5) is 37.5. The van der Waals surface area contributed by atoms with Crippen LogP contribution in [-0.4, -0.2) is 41.3 Å². The van der Waals surface area contributed by atoms with Crippen LogP contribution in [0, 0.1) is 0 Å². The topological polar surface area (TPSA) is 72.9 Å². The SMILES string of the molecule is CCOc1ccc(/C=C2\SC(=O)N(CC(=O)O[C@@H](C)CC)C2=O)cc1Br. The van der Waals surface area contributed by atoms with Gasteiger partial charge in [0.1, 0.15) is 12.3 Å². The molecule has 1 fully saturated rings. The third kappa shape index (κ3) is 5.11. The number of thioether (sulfide) groups is 1. The summed E-state index contributed by atoms with van der Waals surface area (Å²) in [6, 6.07) is 5.38. The van der Waals surface area contributed by atoms with Crippen LogP contribution in [0.25, 0.3) is 6.08 Å². The number of halogens is 1. The molecule has 0 bridgehead atoms. The molecule has 1 atom stereocenters. The second-order valence-electron chi connectivity index (χ2n) is 5.60. The molecule has 1 aliphatic rings. The highest BCUT2D eigenvalue weighted by Gasteiger charge is 2.36. The van der Waals surface area contributed by atoms with E-state index < -0.39 is 17.1 Å². The van der Waals surface area contributed by atoms with E-state index in [1.54, 1.807) is 31.2 Å². The minimum atomic E-state index is -0.591. The molecule has 0 aromatic heterocycles. The van der Waals surface area contributed by atoms with E-state index in [0.717, 1.165) is 26.7 Å². The molecule has 0 unspecified atom stereocenters. The van der Waals surface area contributed by atoms with Gasteiger partial charge in [-0.3, -0.25) is 19.3 Å². The lowest BCUT2D eigenvalue weighted by atomic mass is 10.2. The van der Waals surface area contributed by atoms with Crippen molar-refractivity contribution in [3.8, 4) is 5.75 Å². The second kappa shape index (κ2) is 9.23. The van der Waals surface area contributed by atoms with Crippen LogP contribution in [0.1, 0.15) is 32.8 Å². The first-order chi connectivity index (χ1) is 12.3. The maximum atomic E-state index is 12.4. The third-order valence-electron chi connectivity index (χ3n) is 3.62. The van der Waals surface area contributed by atoms with Crippen LogP contribution in [-0.2, 0) is 14.3 Å². The summed E-state index contributed by atoms with van der Waals surface area (Å²) < 4.78 is 11.3. The van der Waals surface area contributed by atoms with E-state index in [0.29, 0.717) is 18.8 Å². The average molecular weight is 442 g/mol. The Morgan fingerprint density at radius 1 is 1.35 bits per heavy atom. The molecule has 1 aromatic carbocycles. The number of benzene rings is 1. The molecule has 2 amide bonds. The second-order valence-corrected chi connectivity index (χ2v) is 7.45. The maximum absolute atomic E-state index is 12.4. The van der Waals surface area contributed by atoms with Gasteiger partial charge in [-0.15, -0.1) is 0 Å². The van der Waals surface area contributed by atoms with Gasteiger partial charge in [0.05, 0.1) is 22.1 Å². The Hall–Kier alpha value is -1.80. The Kier molecular flexibility index (Phi) is 7.28. The molecule has 0 N–H and O–H groups in total. The van der Waals surface area contributed by atoms with Crippen molar-refractivity contribution >= 4 is 50.9 Å². The fraction of sp³-hybridized carbons (Fsp3) is 0.389. The van der Waals surface area contributed by atoms with Gasteiger partial charge in [0, 0.05) is 0 Å². The molecular formula is C18H20BrNO5S. The summed E-state index contributed by atoms with van der Waals surface area (Å²) in [6.45, 7) is 5.71. The van der Waals surface area contributed by atoms with Crippen LogP contribution in [0.5, 0.6) is 5.75 Å². The summed E-state index contributed by atoms with van der Waals surface area (Å²) in [7, 11) is 0. The number of imide groups is 1. The molecule has 0 spiro atoms. The first-order valence-corrected chi connectivity index (χ1v) is 9.83. The number of hydrogen-bond acceptors (Lipinski definition) is 6. The fourth-order valence-electron chi connectivity index (χ4n) is 2.14. The lowest BCUT2D eigenvalue weighted by Gasteiger charge is -2.14. The minimum absolute atomic E-state index is 0.251. The highest BCUT2D eigenvalue weighted by molar-refractivity contribution is 9.10. The van der Waals surface area contributed by atoms with E-state index in [4.69, 9.17) is 9.47 Å². The molecule has 1 saturated heterocycles. The van der Waals surface area contributed by atoms with Gasteiger partial charge in [0.25, 0.3) is 11.1 Å². The predicted molar refractivity (Wildman–Crippen MR) is 104 cm³/mol. The van der Waals surface area contributed by atoms with Crippen molar-refractivity contribution in [2.24, 2.45) is 0 Å². The van der Waals surface area contributed by atoms with Gasteiger partial charge in [0.2, 0.25) is 0 Å². The normalized spacial score (nSPS) is 16.9. The van der Waals surface area contributed by atoms with E-state index >= 15 is 0 Å². The number of rotatable bonds is 7. The summed E-state index contributed by atoms with van der Waals surface area (Å²) in [5.41, 5.74) is 0.744. The molecule has 140 valence electrons. The largest absolute Gasteiger partial charge is 0.493 e. The summed E-state index contributed by atoms with van der Waals surface area (Å²) in [5.74, 6) is -0.386. The van der Waals surface area contributed by atoms with E-state index in [2.05, 4.69) is 15.9 Å². The van der Waals surface area contributed by atoms with E-state index in [1.807, 2.05) is 13.8 Å². The fourth-order valence-corrected chi connectivity index (χ4v) is 3.49. The van der Waals surface area contributed by atoms with Gasteiger partial charge in [-0.1, -0.05) is 13.0 Å². The van der Waals surface area contributed by atoms with Crippen molar-refractivity contribution in [1.29, 1.82) is 0 Å². The maximum Gasteiger partial charge on any atom is 0.326 e. The molecule has 8 heteroatoms. The van der Waals surface area contributed by atoms with Gasteiger partial charge >= 0.3 is 5.97 Å². The number of esters is 1. The highest BCUT2D eigenvalue weighted by atomic mass is 79.9. The number of carbonyl (C=O) groups is 3. The van der Waals surface area contributed by atoms with Crippen molar-refractivity contribution in [2.75, 3.05) is 13.2 Å². The van der Waals surface area contributed by atoms with E-state index in [-0.39, 0.29) is 17.6 Å². The van der Waals surface area contributed by atoms with Crippen LogP contribution in [0.3, 0.4) is 0 Å². The predicted octanol–water partition coefficient (Wildman–Crippen LogP) is 4.23. The zero-order valence-corrected chi connectivity index (χ0v) is 17.2. The number of ether oxygens (including phenoxy) is 2. The molecule has 0 aliphatic carbocycles. The van der Waals surface area contributed by atoms with Gasteiger partial charge < -0.3 is 9.47 Å². The lowest BCUT2D eigenvalue weighted by molar-refractivity contribution is -0.150. The summed E-state index contributed by atoms with van der Waals surface area (Å²) in [5, 5.41) is -0.479. The first-order valence-electron chi connectivity index (χ1n) is 8.22. The molecular weight excluding hydrogens is 422 g/mol. The first kappa shape index (κ1) is 20.5. The van der Waals surface area contributed by atoms with Gasteiger partial charge in [-0.25, -0.2) is 0 Å². The van der Waals surface area contributed by atoms with Crippen LogP contribution >= 0.6 is 27.7 Å². The smallest absolute Gasteiger partial charge is 0.326 e. The van der Waals surface area contributed by atoms with Crippen LogP contribution in [0.2, 0.25) is 0 Å². The number of hydrogen-bond donors (Lipinski definition) is 0. The molecule has 0 radical (unpaired) electrons. The Labute approximate surface area is 165 Å². The highest BCUT2D eigenvalue weighted by Crippen LogP contribution is 2.33. The molecule has 1 heterocycles. The molecule has 6 nitrogen and oxygen atoms in total. The lowest BCUT2D eigenvalue weighted by Crippen LogP contribution is -2.35. The van der Waals surface area contributed by atoms with Gasteiger partial charge in [-0.05, 0) is 71.7 Å². The Balaban J connectivity index is 2.11. The molecule has 1 aliphatic heterocycles. The van der Waals surface area contributed by atoms with Crippen molar-refractivity contribution in [3.05, 3.63) is 33.1 Å². The molecule has 2 rings (SSSR count). The van der Waals surface area contributed by atoms with Crippen molar-refractivity contribution in [1.82, 2.24) is 4.90 Å². The van der Waals surface area contributed by atoms with Crippen LogP contribution in [0.4, 0.5) is 4.79 Å². The van der Waals surface area contributed by atoms with Crippen molar-refractivity contribution < 1.29 is 23.9 Å². The Bertz CT molecular complexity index is 749. The number of nitrogens with zero attached hydrogens (tertiary/aromatic N) is 1. The standard InChI is InChI=1S/C18H20BrNO5S/c1-4-11(3)25-16(21)10-20-17(22)15(26-18(20)23)9-12-6-7-14(24-5-2)13(19)8-12/h6-9,11H,4-5,10H2,1-3H3/b15-9-/t11-/m0/s1. The van der Waals surface area contributed by atoms with Crippen LogP contribution in [0.15, 0.2) is 27.6 Å². The molecule has 26 heavy (non-hydrogen) atoms. The Morgan fingerprint density at radius 3 is 2.69 bits per heavy atom. The van der Waals surface area contributed by atoms with Gasteiger partial charge in [0.15, 0.2) is 0 Å². The van der Waals surface area contributed by atoms with E-state index in [9.17, 15) is 14.4 Å². The third-order valence-corrected chi connectivity index (χ3v) is 5.15. The monoisotopic (exact) mass is 441 g/mol. The zero-order chi connectivity index (χ0) is 19.3. The van der Waals surface area contributed by atoms with Gasteiger partial charge in [-0.2, -0.15) is 0 Å². The van der Waals surface area contributed by atoms with E-state index in [1.165, 1.54) is 0 Å². The summed E-state index contributed by atoms with van der Waals surface area (Å²) >= 11 is 4.22. The number of amides is 2. The quantitative estimate of drug-likeness (QED) is 0.465. The molecule has 1 aromatic rings. The summed E-state index contributed by atoms with van der Waals surface area (Å²) in [6.07, 6.45) is 2.03. The minimum Gasteiger partial charge on any atom is -0.493 e. The Morgan fingerprint density at radius 2 is 2.08 bits per heavy atom. The van der Waals surface area contributed by atoms with Crippen LogP contribution < -0.4 is 4.74 Å². The molecule has 0 saturated carbocycles. The average Bonchev–Trinajstić information content (AvgIpc) is 2.84. The van der Waals surface area contributed by atoms with Crippen molar-refractivity contribution in [2.45, 2.75) is 33.3 Å². The van der Waals surface area contributed by atoms with Crippen molar-refractivity contribution in [3.63, 3.8) is 0 Å². The zero-order valence-electron chi connectivity index (χ0n) is 14.8. The number of carbonyl (C=O) groups excluding carboxylic acids is 3.